The lowest BCUT2D eigenvalue weighted by atomic mass is 10.1. The maximum Gasteiger partial charge on any atom is 0.332 e. The van der Waals surface area contributed by atoms with Gasteiger partial charge in [0, 0.05) is 19.7 Å². The molecule has 0 spiro atoms. The Hall–Kier alpha value is -2.89. The Bertz CT molecular complexity index is 1030. The third-order valence-corrected chi connectivity index (χ3v) is 4.22. The Balaban J connectivity index is 2.15. The van der Waals surface area contributed by atoms with Crippen LogP contribution in [0.15, 0.2) is 46.0 Å². The van der Waals surface area contributed by atoms with Crippen LogP contribution in [-0.2, 0) is 14.1 Å². The highest BCUT2D eigenvalue weighted by Gasteiger charge is 2.13. The van der Waals surface area contributed by atoms with Crippen molar-refractivity contribution < 1.29 is 4.74 Å². The minimum atomic E-state index is -0.394. The van der Waals surface area contributed by atoms with Crippen molar-refractivity contribution in [2.24, 2.45) is 14.1 Å². The number of para-hydroxylation sites is 1. The lowest BCUT2D eigenvalue weighted by Gasteiger charge is -2.12. The van der Waals surface area contributed by atoms with Crippen molar-refractivity contribution >= 4 is 11.0 Å². The summed E-state index contributed by atoms with van der Waals surface area (Å²) in [5, 5.41) is 0.415. The SMILES string of the molecule is CCCCOc1ccccc1-c1ccc2c(=O)n(C)c(=O)n(C)c2n1. The molecule has 1 aromatic carbocycles. The van der Waals surface area contributed by atoms with Crippen LogP contribution in [0.5, 0.6) is 5.75 Å². The van der Waals surface area contributed by atoms with Crippen LogP contribution in [0.2, 0.25) is 0 Å². The smallest absolute Gasteiger partial charge is 0.332 e. The molecule has 0 radical (unpaired) electrons. The van der Waals surface area contributed by atoms with E-state index >= 15 is 0 Å². The minimum Gasteiger partial charge on any atom is -0.493 e. The van der Waals surface area contributed by atoms with E-state index in [4.69, 9.17) is 4.74 Å². The molecule has 0 saturated heterocycles. The van der Waals surface area contributed by atoms with Crippen molar-refractivity contribution in [3.8, 4) is 17.0 Å². The van der Waals surface area contributed by atoms with Crippen molar-refractivity contribution in [1.29, 1.82) is 0 Å². The Morgan fingerprint density at radius 2 is 1.80 bits per heavy atom. The van der Waals surface area contributed by atoms with Crippen LogP contribution in [0.25, 0.3) is 22.3 Å². The summed E-state index contributed by atoms with van der Waals surface area (Å²) >= 11 is 0. The molecule has 6 heteroatoms. The number of hydrogen-bond acceptors (Lipinski definition) is 4. The zero-order chi connectivity index (χ0) is 18.0. The van der Waals surface area contributed by atoms with E-state index in [-0.39, 0.29) is 5.56 Å². The molecule has 0 bridgehead atoms. The van der Waals surface area contributed by atoms with Crippen LogP contribution in [0, 0.1) is 0 Å². The summed E-state index contributed by atoms with van der Waals surface area (Å²) in [4.78, 5) is 29.0. The summed E-state index contributed by atoms with van der Waals surface area (Å²) in [5.41, 5.74) is 1.14. The van der Waals surface area contributed by atoms with Crippen LogP contribution in [-0.4, -0.2) is 20.7 Å². The van der Waals surface area contributed by atoms with Gasteiger partial charge in [0.15, 0.2) is 0 Å². The molecule has 0 aliphatic rings. The van der Waals surface area contributed by atoms with Gasteiger partial charge < -0.3 is 4.74 Å². The maximum absolute atomic E-state index is 12.3. The topological polar surface area (TPSA) is 66.1 Å². The summed E-state index contributed by atoms with van der Waals surface area (Å²) in [6.45, 7) is 2.75. The van der Waals surface area contributed by atoms with Gasteiger partial charge in [0.2, 0.25) is 0 Å². The molecule has 0 saturated carbocycles. The molecule has 0 amide bonds. The van der Waals surface area contributed by atoms with E-state index < -0.39 is 5.69 Å². The van der Waals surface area contributed by atoms with Gasteiger partial charge in [0.05, 0.1) is 17.7 Å². The zero-order valence-electron chi connectivity index (χ0n) is 14.7. The van der Waals surface area contributed by atoms with E-state index in [0.717, 1.165) is 28.7 Å². The van der Waals surface area contributed by atoms with Crippen LogP contribution >= 0.6 is 0 Å². The van der Waals surface area contributed by atoms with Gasteiger partial charge in [-0.15, -0.1) is 0 Å². The number of unbranched alkanes of at least 4 members (excludes halogenated alkanes) is 1. The van der Waals surface area contributed by atoms with Gasteiger partial charge in [0.25, 0.3) is 5.56 Å². The van der Waals surface area contributed by atoms with Crippen molar-refractivity contribution in [2.45, 2.75) is 19.8 Å². The summed E-state index contributed by atoms with van der Waals surface area (Å²) in [5.74, 6) is 0.747. The van der Waals surface area contributed by atoms with Crippen molar-refractivity contribution in [1.82, 2.24) is 14.1 Å². The highest BCUT2D eigenvalue weighted by atomic mass is 16.5. The number of benzene rings is 1. The molecule has 2 aromatic heterocycles. The van der Waals surface area contributed by atoms with Crippen molar-refractivity contribution in [2.75, 3.05) is 6.61 Å². The van der Waals surface area contributed by atoms with Crippen molar-refractivity contribution in [3.63, 3.8) is 0 Å². The Morgan fingerprint density at radius 1 is 1.04 bits per heavy atom. The van der Waals surface area contributed by atoms with Crippen LogP contribution in [0.3, 0.4) is 0 Å². The second-order valence-corrected chi connectivity index (χ2v) is 5.97. The molecule has 130 valence electrons. The number of aromatic nitrogens is 3. The molecule has 0 aliphatic heterocycles. The Morgan fingerprint density at radius 3 is 2.56 bits per heavy atom. The second-order valence-electron chi connectivity index (χ2n) is 5.97. The van der Waals surface area contributed by atoms with Gasteiger partial charge in [-0.1, -0.05) is 25.5 Å². The summed E-state index contributed by atoms with van der Waals surface area (Å²) in [7, 11) is 3.08. The fourth-order valence-electron chi connectivity index (χ4n) is 2.73. The second kappa shape index (κ2) is 6.93. The first kappa shape index (κ1) is 17.0. The highest BCUT2D eigenvalue weighted by Crippen LogP contribution is 2.29. The van der Waals surface area contributed by atoms with E-state index in [2.05, 4.69) is 11.9 Å². The lowest BCUT2D eigenvalue weighted by Crippen LogP contribution is -2.37. The first-order valence-corrected chi connectivity index (χ1v) is 8.33. The largest absolute Gasteiger partial charge is 0.493 e. The van der Waals surface area contributed by atoms with E-state index in [1.54, 1.807) is 19.2 Å². The van der Waals surface area contributed by atoms with Crippen LogP contribution in [0.1, 0.15) is 19.8 Å². The zero-order valence-corrected chi connectivity index (χ0v) is 14.7. The molecule has 3 rings (SSSR count). The molecular formula is C19H21N3O3. The molecule has 0 aliphatic carbocycles. The van der Waals surface area contributed by atoms with Gasteiger partial charge in [-0.2, -0.15) is 0 Å². The van der Waals surface area contributed by atoms with Gasteiger partial charge >= 0.3 is 5.69 Å². The number of pyridine rings is 1. The van der Waals surface area contributed by atoms with E-state index in [0.29, 0.717) is 23.3 Å². The average Bonchev–Trinajstić information content (AvgIpc) is 2.65. The standard InChI is InChI=1S/C19H21N3O3/c1-4-5-12-25-16-9-7-6-8-13(16)15-11-10-14-17(20-15)21(2)19(24)22(3)18(14)23/h6-11H,4-5,12H2,1-3H3. The molecule has 0 unspecified atom stereocenters. The van der Waals surface area contributed by atoms with E-state index in [9.17, 15) is 9.59 Å². The first-order valence-electron chi connectivity index (χ1n) is 8.33. The van der Waals surface area contributed by atoms with Gasteiger partial charge in [-0.05, 0) is 30.7 Å². The molecule has 0 atom stereocenters. The predicted molar refractivity (Wildman–Crippen MR) is 98.1 cm³/mol. The fraction of sp³-hybridized carbons (Fsp3) is 0.316. The fourth-order valence-corrected chi connectivity index (χ4v) is 2.73. The highest BCUT2D eigenvalue weighted by molar-refractivity contribution is 5.79. The van der Waals surface area contributed by atoms with Crippen LogP contribution in [0.4, 0.5) is 0 Å². The predicted octanol–water partition coefficient (Wildman–Crippen LogP) is 2.48. The number of aryl methyl sites for hydroxylation is 1. The molecule has 2 heterocycles. The van der Waals surface area contributed by atoms with Gasteiger partial charge in [-0.25, -0.2) is 9.78 Å². The Labute approximate surface area is 145 Å². The number of nitrogens with zero attached hydrogens (tertiary/aromatic N) is 3. The lowest BCUT2D eigenvalue weighted by molar-refractivity contribution is 0.310. The first-order chi connectivity index (χ1) is 12.0. The van der Waals surface area contributed by atoms with Crippen LogP contribution < -0.4 is 16.0 Å². The summed E-state index contributed by atoms with van der Waals surface area (Å²) in [6.07, 6.45) is 2.03. The monoisotopic (exact) mass is 339 g/mol. The van der Waals surface area contributed by atoms with Gasteiger partial charge in [-0.3, -0.25) is 13.9 Å². The molecular weight excluding hydrogens is 318 g/mol. The number of hydrogen-bond donors (Lipinski definition) is 0. The number of rotatable bonds is 5. The molecule has 25 heavy (non-hydrogen) atoms. The quantitative estimate of drug-likeness (QED) is 0.670. The molecule has 6 nitrogen and oxygen atoms in total. The third-order valence-electron chi connectivity index (χ3n) is 4.22. The summed E-state index contributed by atoms with van der Waals surface area (Å²) in [6, 6.07) is 11.2. The van der Waals surface area contributed by atoms with E-state index in [1.807, 2.05) is 24.3 Å². The normalized spacial score (nSPS) is 11.0. The average molecular weight is 339 g/mol. The van der Waals surface area contributed by atoms with Crippen molar-refractivity contribution in [3.05, 3.63) is 57.2 Å². The van der Waals surface area contributed by atoms with Gasteiger partial charge in [0.1, 0.15) is 11.4 Å². The van der Waals surface area contributed by atoms with E-state index in [1.165, 1.54) is 11.6 Å². The number of ether oxygens (including phenoxy) is 1. The number of fused-ring (bicyclic) bond motifs is 1. The third kappa shape index (κ3) is 3.07. The summed E-state index contributed by atoms with van der Waals surface area (Å²) < 4.78 is 8.34. The molecule has 0 N–H and O–H groups in total. The Kier molecular flexibility index (Phi) is 4.70. The molecule has 3 aromatic rings. The minimum absolute atomic E-state index is 0.343. The molecule has 0 fully saturated rings. The maximum atomic E-state index is 12.3.